The minimum Gasteiger partial charge on any atom is -0.390 e. The van der Waals surface area contributed by atoms with Crippen LogP contribution in [-0.4, -0.2) is 47.7 Å². The normalized spacial score (nSPS) is 26.1. The summed E-state index contributed by atoms with van der Waals surface area (Å²) in [5.74, 6) is 1.54. The van der Waals surface area contributed by atoms with Gasteiger partial charge in [-0.15, -0.1) is 11.8 Å². The Labute approximate surface area is 183 Å². The summed E-state index contributed by atoms with van der Waals surface area (Å²) >= 11 is 1.64. The standard InChI is InChI=1S/C22H24N6O2S/c1-22(10-31-13-4-2-12-3-5-17(23)27-15(12)8-13)9-16(18(29)19(22)30)28-7-6-14-20(24)25-11-26-21(14)28/h2-8,11,16,18-19,29-30H,9-10H2,1H3,(H2,23,27)(H2,24,25,26)/t16-,18+,19+,22-/m1/s1. The molecule has 0 radical (unpaired) electrons. The molecule has 1 saturated carbocycles. The molecular weight excluding hydrogens is 412 g/mol. The summed E-state index contributed by atoms with van der Waals surface area (Å²) in [5.41, 5.74) is 12.8. The minimum atomic E-state index is -0.907. The predicted octanol–water partition coefficient (Wildman–Crippen LogP) is 2.61. The van der Waals surface area contributed by atoms with Gasteiger partial charge < -0.3 is 26.2 Å². The fraction of sp³-hybridized carbons (Fsp3) is 0.318. The van der Waals surface area contributed by atoms with Gasteiger partial charge >= 0.3 is 0 Å². The van der Waals surface area contributed by atoms with E-state index in [1.54, 1.807) is 17.8 Å². The van der Waals surface area contributed by atoms with Crippen LogP contribution >= 0.6 is 11.8 Å². The van der Waals surface area contributed by atoms with Crippen molar-refractivity contribution in [3.05, 3.63) is 48.9 Å². The Kier molecular flexibility index (Phi) is 4.76. The second-order valence-electron chi connectivity index (χ2n) is 8.46. The van der Waals surface area contributed by atoms with Crippen molar-refractivity contribution < 1.29 is 10.2 Å². The zero-order valence-electron chi connectivity index (χ0n) is 17.0. The van der Waals surface area contributed by atoms with Gasteiger partial charge in [0.25, 0.3) is 0 Å². The van der Waals surface area contributed by atoms with Crippen molar-refractivity contribution >= 4 is 45.3 Å². The van der Waals surface area contributed by atoms with Gasteiger partial charge in [0.05, 0.1) is 23.0 Å². The molecule has 31 heavy (non-hydrogen) atoms. The van der Waals surface area contributed by atoms with Crippen LogP contribution in [0.3, 0.4) is 0 Å². The van der Waals surface area contributed by atoms with Gasteiger partial charge in [-0.05, 0) is 36.8 Å². The minimum absolute atomic E-state index is 0.300. The van der Waals surface area contributed by atoms with Crippen LogP contribution in [0.25, 0.3) is 21.9 Å². The van der Waals surface area contributed by atoms with E-state index in [-0.39, 0.29) is 6.04 Å². The van der Waals surface area contributed by atoms with E-state index in [2.05, 4.69) is 15.0 Å². The third kappa shape index (κ3) is 3.38. The van der Waals surface area contributed by atoms with E-state index >= 15 is 0 Å². The van der Waals surface area contributed by atoms with Crippen LogP contribution in [0.1, 0.15) is 19.4 Å². The van der Waals surface area contributed by atoms with E-state index in [1.807, 2.05) is 48.0 Å². The Morgan fingerprint density at radius 3 is 2.81 bits per heavy atom. The van der Waals surface area contributed by atoms with E-state index < -0.39 is 17.6 Å². The van der Waals surface area contributed by atoms with Crippen molar-refractivity contribution in [2.45, 2.75) is 36.5 Å². The van der Waals surface area contributed by atoms with Gasteiger partial charge in [-0.25, -0.2) is 15.0 Å². The number of nitrogens with zero attached hydrogens (tertiary/aromatic N) is 4. The fourth-order valence-corrected chi connectivity index (χ4v) is 5.60. The number of hydrogen-bond acceptors (Lipinski definition) is 8. The molecule has 0 aliphatic heterocycles. The highest BCUT2D eigenvalue weighted by atomic mass is 32.2. The first kappa shape index (κ1) is 20.0. The third-order valence-corrected chi connectivity index (χ3v) is 7.65. The van der Waals surface area contributed by atoms with Gasteiger partial charge in [0, 0.05) is 27.6 Å². The number of thioether (sulfide) groups is 1. The highest BCUT2D eigenvalue weighted by molar-refractivity contribution is 7.99. The molecule has 8 nitrogen and oxygen atoms in total. The van der Waals surface area contributed by atoms with E-state index in [4.69, 9.17) is 11.5 Å². The van der Waals surface area contributed by atoms with Gasteiger partial charge in [0.15, 0.2) is 0 Å². The lowest BCUT2D eigenvalue weighted by molar-refractivity contribution is -0.0140. The molecule has 1 aromatic carbocycles. The number of aromatic nitrogens is 4. The first-order valence-electron chi connectivity index (χ1n) is 10.1. The van der Waals surface area contributed by atoms with Crippen molar-refractivity contribution in [2.75, 3.05) is 17.2 Å². The number of hydrogen-bond donors (Lipinski definition) is 4. The SMILES string of the molecule is C[C@]1(CSc2ccc3ccc(N)nc3c2)C[C@@H](n2ccc3c(N)ncnc32)[C@H](O)[C@@H]1O. The molecule has 1 aliphatic carbocycles. The summed E-state index contributed by atoms with van der Waals surface area (Å²) in [6.07, 6.45) is 2.11. The first-order valence-corrected chi connectivity index (χ1v) is 11.1. The molecule has 0 amide bonds. The van der Waals surface area contributed by atoms with Crippen molar-refractivity contribution in [3.8, 4) is 0 Å². The van der Waals surface area contributed by atoms with Crippen molar-refractivity contribution in [3.63, 3.8) is 0 Å². The van der Waals surface area contributed by atoms with Crippen LogP contribution in [0.2, 0.25) is 0 Å². The molecule has 160 valence electrons. The second kappa shape index (κ2) is 7.37. The highest BCUT2D eigenvalue weighted by Crippen LogP contribution is 2.48. The Morgan fingerprint density at radius 2 is 1.97 bits per heavy atom. The largest absolute Gasteiger partial charge is 0.390 e. The zero-order valence-corrected chi connectivity index (χ0v) is 17.8. The lowest BCUT2D eigenvalue weighted by Crippen LogP contribution is -2.36. The van der Waals surface area contributed by atoms with Gasteiger partial charge in [-0.1, -0.05) is 13.0 Å². The maximum atomic E-state index is 10.9. The number of rotatable bonds is 4. The van der Waals surface area contributed by atoms with Crippen molar-refractivity contribution in [1.29, 1.82) is 0 Å². The van der Waals surface area contributed by atoms with E-state index in [0.717, 1.165) is 21.2 Å². The lowest BCUT2D eigenvalue weighted by atomic mass is 9.88. The fourth-order valence-electron chi connectivity index (χ4n) is 4.46. The summed E-state index contributed by atoms with van der Waals surface area (Å²) < 4.78 is 1.90. The number of aliphatic hydroxyl groups excluding tert-OH is 2. The summed E-state index contributed by atoms with van der Waals surface area (Å²) in [6.45, 7) is 2.01. The molecule has 3 heterocycles. The monoisotopic (exact) mass is 436 g/mol. The number of fused-ring (bicyclic) bond motifs is 2. The van der Waals surface area contributed by atoms with E-state index in [1.165, 1.54) is 6.33 Å². The molecule has 1 aliphatic rings. The highest BCUT2D eigenvalue weighted by Gasteiger charge is 2.50. The summed E-state index contributed by atoms with van der Waals surface area (Å²) in [7, 11) is 0. The number of anilines is 2. The van der Waals surface area contributed by atoms with E-state index in [9.17, 15) is 10.2 Å². The van der Waals surface area contributed by atoms with Crippen LogP contribution < -0.4 is 11.5 Å². The molecule has 5 rings (SSSR count). The summed E-state index contributed by atoms with van der Waals surface area (Å²) in [5, 5.41) is 23.6. The molecule has 0 saturated heterocycles. The summed E-state index contributed by atoms with van der Waals surface area (Å²) in [4.78, 5) is 13.8. The van der Waals surface area contributed by atoms with Crippen LogP contribution in [0, 0.1) is 5.41 Å². The zero-order chi connectivity index (χ0) is 21.8. The topological polar surface area (TPSA) is 136 Å². The van der Waals surface area contributed by atoms with Crippen molar-refractivity contribution in [2.24, 2.45) is 5.41 Å². The number of nitrogen functional groups attached to an aromatic ring is 2. The molecule has 1 fully saturated rings. The van der Waals surface area contributed by atoms with Gasteiger partial charge in [-0.2, -0.15) is 0 Å². The molecule has 9 heteroatoms. The Balaban J connectivity index is 1.39. The number of nitrogens with two attached hydrogens (primary N) is 2. The maximum absolute atomic E-state index is 10.9. The molecular formula is C22H24N6O2S. The predicted molar refractivity (Wildman–Crippen MR) is 123 cm³/mol. The van der Waals surface area contributed by atoms with Crippen LogP contribution in [-0.2, 0) is 0 Å². The maximum Gasteiger partial charge on any atom is 0.145 e. The Hall–Kier alpha value is -2.88. The van der Waals surface area contributed by atoms with Crippen LogP contribution in [0.15, 0.2) is 53.8 Å². The number of aliphatic hydroxyl groups is 2. The van der Waals surface area contributed by atoms with Gasteiger partial charge in [0.2, 0.25) is 0 Å². The quantitative estimate of drug-likeness (QED) is 0.358. The smallest absolute Gasteiger partial charge is 0.145 e. The average molecular weight is 437 g/mol. The van der Waals surface area contributed by atoms with Crippen LogP contribution in [0.4, 0.5) is 11.6 Å². The third-order valence-electron chi connectivity index (χ3n) is 6.26. The number of benzene rings is 1. The first-order chi connectivity index (χ1) is 14.9. The molecule has 6 N–H and O–H groups in total. The molecule has 3 aromatic heterocycles. The molecule has 0 unspecified atom stereocenters. The lowest BCUT2D eigenvalue weighted by Gasteiger charge is -2.28. The van der Waals surface area contributed by atoms with Crippen molar-refractivity contribution in [1.82, 2.24) is 19.5 Å². The van der Waals surface area contributed by atoms with Gasteiger partial charge in [0.1, 0.15) is 29.7 Å². The van der Waals surface area contributed by atoms with Crippen LogP contribution in [0.5, 0.6) is 0 Å². The molecule has 4 atom stereocenters. The Morgan fingerprint density at radius 1 is 1.16 bits per heavy atom. The Bertz CT molecular complexity index is 1280. The molecule has 0 bridgehead atoms. The number of pyridine rings is 1. The molecule has 4 aromatic rings. The second-order valence-corrected chi connectivity index (χ2v) is 9.51. The summed E-state index contributed by atoms with van der Waals surface area (Å²) in [6, 6.07) is 11.4. The van der Waals surface area contributed by atoms with E-state index in [0.29, 0.717) is 29.5 Å². The van der Waals surface area contributed by atoms with Gasteiger partial charge in [-0.3, -0.25) is 0 Å². The molecule has 0 spiro atoms. The average Bonchev–Trinajstić information content (AvgIpc) is 3.28.